The number of hydrogen-bond acceptors (Lipinski definition) is 2. The molecule has 0 saturated heterocycles. The molecule has 0 N–H and O–H groups in total. The van der Waals surface area contributed by atoms with Crippen LogP contribution in [-0.4, -0.2) is 37.6 Å². The molecule has 0 aliphatic heterocycles. The second-order valence-corrected chi connectivity index (χ2v) is 2.85. The Kier molecular flexibility index (Phi) is 25.9. The van der Waals surface area contributed by atoms with E-state index in [1.807, 2.05) is 32.6 Å². The van der Waals surface area contributed by atoms with Gasteiger partial charge in [0.25, 0.3) is 0 Å². The van der Waals surface area contributed by atoms with E-state index in [2.05, 4.69) is 6.92 Å². The molecule has 1 amide bonds. The molecule has 16 heavy (non-hydrogen) atoms. The van der Waals surface area contributed by atoms with Crippen molar-refractivity contribution in [1.29, 1.82) is 0 Å². The Morgan fingerprint density at radius 2 is 1.62 bits per heavy atom. The van der Waals surface area contributed by atoms with Crippen LogP contribution >= 0.6 is 0 Å². The maximum absolute atomic E-state index is 11.0. The van der Waals surface area contributed by atoms with Crippen molar-refractivity contribution >= 4 is 5.91 Å². The predicted molar refractivity (Wildman–Crippen MR) is 71.7 cm³/mol. The number of nitrogens with zero attached hydrogens (tertiary/aromatic N) is 1. The number of ether oxygens (including phenoxy) is 1. The van der Waals surface area contributed by atoms with Crippen LogP contribution in [0.4, 0.5) is 0 Å². The number of unbranched alkanes of at least 4 members (excludes halogenated alkanes) is 1. The van der Waals surface area contributed by atoms with E-state index < -0.39 is 0 Å². The van der Waals surface area contributed by atoms with Gasteiger partial charge in [-0.05, 0) is 6.42 Å². The third kappa shape index (κ3) is 15.9. The summed E-state index contributed by atoms with van der Waals surface area (Å²) in [5.74, 6) is 0.139. The van der Waals surface area contributed by atoms with Crippen LogP contribution in [0.2, 0.25) is 0 Å². The highest BCUT2D eigenvalue weighted by molar-refractivity contribution is 5.73. The summed E-state index contributed by atoms with van der Waals surface area (Å²) in [6, 6.07) is 0. The van der Waals surface area contributed by atoms with Crippen LogP contribution in [0.3, 0.4) is 0 Å². The molecular formula is C13H31NO2. The minimum atomic E-state index is 0.139. The van der Waals surface area contributed by atoms with Gasteiger partial charge in [-0.1, -0.05) is 41.0 Å². The molecule has 0 saturated carbocycles. The number of carbonyl (C=O) groups is 1. The fourth-order valence-corrected chi connectivity index (χ4v) is 0.977. The zero-order chi connectivity index (χ0) is 13.4. The van der Waals surface area contributed by atoms with Crippen LogP contribution < -0.4 is 0 Å². The topological polar surface area (TPSA) is 29.5 Å². The molecule has 0 radical (unpaired) electrons. The number of methoxy groups -OCH3 is 1. The summed E-state index contributed by atoms with van der Waals surface area (Å²) in [5, 5.41) is 0. The second kappa shape index (κ2) is 19.9. The molecule has 0 aliphatic carbocycles. The first-order chi connectivity index (χ1) is 7.72. The zero-order valence-corrected chi connectivity index (χ0v) is 12.3. The van der Waals surface area contributed by atoms with Gasteiger partial charge in [-0.15, -0.1) is 0 Å². The Labute approximate surface area is 102 Å². The third-order valence-electron chi connectivity index (χ3n) is 1.79. The summed E-state index contributed by atoms with van der Waals surface area (Å²) < 4.78 is 4.91. The largest absolute Gasteiger partial charge is 0.383 e. The van der Waals surface area contributed by atoms with E-state index in [-0.39, 0.29) is 5.91 Å². The highest BCUT2D eigenvalue weighted by Gasteiger charge is 2.05. The Balaban J connectivity index is -0.000000376. The standard InChI is InChI=1S/C9H19NO2.2C2H6/c1-4-5-6-10(9(2)11)7-8-12-3;2*1-2/h4-8H2,1-3H3;2*1-2H3. The molecule has 0 aliphatic rings. The summed E-state index contributed by atoms with van der Waals surface area (Å²) in [6.07, 6.45) is 2.19. The molecule has 0 bridgehead atoms. The quantitative estimate of drug-likeness (QED) is 0.704. The van der Waals surface area contributed by atoms with Gasteiger partial charge in [0.1, 0.15) is 0 Å². The molecule has 0 aromatic carbocycles. The fourth-order valence-electron chi connectivity index (χ4n) is 0.977. The molecule has 0 atom stereocenters. The summed E-state index contributed by atoms with van der Waals surface area (Å²) in [5.41, 5.74) is 0. The first-order valence-electron chi connectivity index (χ1n) is 6.46. The maximum Gasteiger partial charge on any atom is 0.219 e. The minimum absolute atomic E-state index is 0.139. The van der Waals surface area contributed by atoms with Crippen molar-refractivity contribution in [2.45, 2.75) is 54.4 Å². The van der Waals surface area contributed by atoms with Crippen molar-refractivity contribution < 1.29 is 9.53 Å². The van der Waals surface area contributed by atoms with Gasteiger partial charge < -0.3 is 9.64 Å². The van der Waals surface area contributed by atoms with E-state index in [4.69, 9.17) is 4.74 Å². The molecule has 0 heterocycles. The lowest BCUT2D eigenvalue weighted by Crippen LogP contribution is -2.32. The van der Waals surface area contributed by atoms with E-state index in [0.717, 1.165) is 19.4 Å². The molecule has 0 fully saturated rings. The Hall–Kier alpha value is -0.570. The number of amides is 1. The molecule has 3 heteroatoms. The highest BCUT2D eigenvalue weighted by atomic mass is 16.5. The average Bonchev–Trinajstić information content (AvgIpc) is 2.34. The molecule has 0 aromatic rings. The van der Waals surface area contributed by atoms with Crippen LogP contribution in [0.5, 0.6) is 0 Å². The lowest BCUT2D eigenvalue weighted by molar-refractivity contribution is -0.129. The molecular weight excluding hydrogens is 202 g/mol. The van der Waals surface area contributed by atoms with Crippen LogP contribution in [0.15, 0.2) is 0 Å². The Morgan fingerprint density at radius 3 is 1.94 bits per heavy atom. The summed E-state index contributed by atoms with van der Waals surface area (Å²) in [4.78, 5) is 12.9. The highest BCUT2D eigenvalue weighted by Crippen LogP contribution is 1.95. The van der Waals surface area contributed by atoms with Gasteiger partial charge >= 0.3 is 0 Å². The van der Waals surface area contributed by atoms with Gasteiger partial charge in [0.2, 0.25) is 5.91 Å². The number of carbonyl (C=O) groups excluding carboxylic acids is 1. The summed E-state index contributed by atoms with van der Waals surface area (Å²) in [7, 11) is 1.65. The molecule has 0 unspecified atom stereocenters. The smallest absolute Gasteiger partial charge is 0.219 e. The molecule has 0 aromatic heterocycles. The lowest BCUT2D eigenvalue weighted by atomic mass is 10.3. The predicted octanol–water partition coefficient (Wildman–Crippen LogP) is 3.33. The first-order valence-corrected chi connectivity index (χ1v) is 6.46. The van der Waals surface area contributed by atoms with Crippen molar-refractivity contribution in [2.24, 2.45) is 0 Å². The van der Waals surface area contributed by atoms with Crippen LogP contribution in [0.25, 0.3) is 0 Å². The van der Waals surface area contributed by atoms with Gasteiger partial charge in [-0.25, -0.2) is 0 Å². The molecule has 0 spiro atoms. The van der Waals surface area contributed by atoms with E-state index in [9.17, 15) is 4.79 Å². The Morgan fingerprint density at radius 1 is 1.12 bits per heavy atom. The number of hydrogen-bond donors (Lipinski definition) is 0. The van der Waals surface area contributed by atoms with Crippen LogP contribution in [0, 0.1) is 0 Å². The van der Waals surface area contributed by atoms with E-state index in [1.165, 1.54) is 0 Å². The molecule has 0 rings (SSSR count). The Bertz CT molecular complexity index is 119. The van der Waals surface area contributed by atoms with Gasteiger partial charge in [-0.2, -0.15) is 0 Å². The normalized spacial score (nSPS) is 8.19. The van der Waals surface area contributed by atoms with Crippen molar-refractivity contribution in [2.75, 3.05) is 26.8 Å². The number of rotatable bonds is 6. The van der Waals surface area contributed by atoms with Crippen LogP contribution in [0.1, 0.15) is 54.4 Å². The monoisotopic (exact) mass is 233 g/mol. The van der Waals surface area contributed by atoms with E-state index in [0.29, 0.717) is 13.2 Å². The maximum atomic E-state index is 11.0. The van der Waals surface area contributed by atoms with Crippen molar-refractivity contribution in [1.82, 2.24) is 4.90 Å². The lowest BCUT2D eigenvalue weighted by Gasteiger charge is -2.19. The van der Waals surface area contributed by atoms with Gasteiger partial charge in [0.15, 0.2) is 0 Å². The van der Waals surface area contributed by atoms with Gasteiger partial charge in [0.05, 0.1) is 6.61 Å². The summed E-state index contributed by atoms with van der Waals surface area (Å²) >= 11 is 0. The van der Waals surface area contributed by atoms with Gasteiger partial charge in [0, 0.05) is 27.1 Å². The minimum Gasteiger partial charge on any atom is -0.383 e. The fraction of sp³-hybridized carbons (Fsp3) is 0.923. The average molecular weight is 233 g/mol. The third-order valence-corrected chi connectivity index (χ3v) is 1.79. The second-order valence-electron chi connectivity index (χ2n) is 2.85. The van der Waals surface area contributed by atoms with Crippen molar-refractivity contribution in [3.8, 4) is 0 Å². The molecule has 100 valence electrons. The van der Waals surface area contributed by atoms with E-state index in [1.54, 1.807) is 14.0 Å². The molecule has 3 nitrogen and oxygen atoms in total. The van der Waals surface area contributed by atoms with E-state index >= 15 is 0 Å². The van der Waals surface area contributed by atoms with Crippen molar-refractivity contribution in [3.05, 3.63) is 0 Å². The zero-order valence-electron chi connectivity index (χ0n) is 12.3. The van der Waals surface area contributed by atoms with Gasteiger partial charge in [-0.3, -0.25) is 4.79 Å². The van der Waals surface area contributed by atoms with Crippen LogP contribution in [-0.2, 0) is 9.53 Å². The van der Waals surface area contributed by atoms with Crippen molar-refractivity contribution in [3.63, 3.8) is 0 Å². The summed E-state index contributed by atoms with van der Waals surface area (Å²) in [6.45, 7) is 13.9. The first kappa shape index (κ1) is 20.8. The SMILES string of the molecule is CC.CC.CCCCN(CCOC)C(C)=O.